The number of anilines is 1. The summed E-state index contributed by atoms with van der Waals surface area (Å²) in [6, 6.07) is 5.90. The minimum atomic E-state index is -0.141. The second kappa shape index (κ2) is 4.91. The molecule has 1 fully saturated rings. The summed E-state index contributed by atoms with van der Waals surface area (Å²) in [5.41, 5.74) is 0. The minimum absolute atomic E-state index is 0.141. The van der Waals surface area contributed by atoms with Gasteiger partial charge in [0.15, 0.2) is 5.82 Å². The van der Waals surface area contributed by atoms with E-state index in [-0.39, 0.29) is 5.91 Å². The summed E-state index contributed by atoms with van der Waals surface area (Å²) in [5.74, 6) is 0.298. The summed E-state index contributed by atoms with van der Waals surface area (Å²) in [5, 5.41) is 9.76. The number of rotatable bonds is 3. The van der Waals surface area contributed by atoms with Crippen molar-refractivity contribution in [2.24, 2.45) is 0 Å². The normalized spacial score (nSPS) is 19.0. The van der Waals surface area contributed by atoms with Gasteiger partial charge in [-0.2, -0.15) is 0 Å². The van der Waals surface area contributed by atoms with E-state index in [1.54, 1.807) is 6.07 Å². The first-order valence-electron chi connectivity index (χ1n) is 5.88. The van der Waals surface area contributed by atoms with Crippen LogP contribution < -0.4 is 10.6 Å². The van der Waals surface area contributed by atoms with Gasteiger partial charge in [0, 0.05) is 17.0 Å². The summed E-state index contributed by atoms with van der Waals surface area (Å²) < 4.78 is 4.67. The van der Waals surface area contributed by atoms with Gasteiger partial charge < -0.3 is 15.2 Å². The zero-order valence-corrected chi connectivity index (χ0v) is 10.5. The molecule has 0 aliphatic carbocycles. The molecule has 2 N–H and O–H groups in total. The van der Waals surface area contributed by atoms with E-state index in [4.69, 9.17) is 0 Å². The summed E-state index contributed by atoms with van der Waals surface area (Å²) in [4.78, 5) is 13.9. The fourth-order valence-corrected chi connectivity index (χ4v) is 3.06. The molecule has 1 amide bonds. The third-order valence-electron chi connectivity index (χ3n) is 2.93. The molecule has 5 nitrogen and oxygen atoms in total. The standard InChI is InChI=1S/C12H13N3O2S/c16-12(14-11-5-7-17-15-11)10-4-3-9(18-10)8-2-1-6-13-8/h3-5,7-8,13H,1-2,6H2,(H,14,15,16)/t8-/m0/s1. The molecular weight excluding hydrogens is 250 g/mol. The van der Waals surface area contributed by atoms with Crippen molar-refractivity contribution in [1.82, 2.24) is 10.5 Å². The number of nitrogens with one attached hydrogen (secondary N) is 2. The Kier molecular flexibility index (Phi) is 3.12. The number of hydrogen-bond acceptors (Lipinski definition) is 5. The maximum absolute atomic E-state index is 11.9. The molecule has 18 heavy (non-hydrogen) atoms. The van der Waals surface area contributed by atoms with Gasteiger partial charge in [0.2, 0.25) is 0 Å². The molecule has 2 aromatic rings. The first-order valence-corrected chi connectivity index (χ1v) is 6.69. The lowest BCUT2D eigenvalue weighted by molar-refractivity contribution is 0.102. The van der Waals surface area contributed by atoms with Crippen LogP contribution in [0, 0.1) is 0 Å². The third-order valence-corrected chi connectivity index (χ3v) is 4.13. The van der Waals surface area contributed by atoms with Crippen molar-refractivity contribution in [3.63, 3.8) is 0 Å². The van der Waals surface area contributed by atoms with Gasteiger partial charge in [0.25, 0.3) is 5.91 Å². The molecule has 2 aromatic heterocycles. The highest BCUT2D eigenvalue weighted by molar-refractivity contribution is 7.14. The molecule has 0 bridgehead atoms. The molecule has 0 unspecified atom stereocenters. The number of aromatic nitrogens is 1. The fraction of sp³-hybridized carbons (Fsp3) is 0.333. The molecule has 1 aliphatic rings. The molecule has 0 saturated carbocycles. The highest BCUT2D eigenvalue weighted by Gasteiger charge is 2.19. The summed E-state index contributed by atoms with van der Waals surface area (Å²) in [7, 11) is 0. The average Bonchev–Trinajstić information content (AvgIpc) is 3.11. The van der Waals surface area contributed by atoms with Crippen molar-refractivity contribution < 1.29 is 9.32 Å². The van der Waals surface area contributed by atoms with Gasteiger partial charge in [-0.1, -0.05) is 5.16 Å². The lowest BCUT2D eigenvalue weighted by Gasteiger charge is -2.05. The van der Waals surface area contributed by atoms with Gasteiger partial charge in [-0.25, -0.2) is 0 Å². The highest BCUT2D eigenvalue weighted by atomic mass is 32.1. The van der Waals surface area contributed by atoms with Crippen LogP contribution in [0.3, 0.4) is 0 Å². The molecular formula is C12H13N3O2S. The largest absolute Gasteiger partial charge is 0.363 e. The second-order valence-corrected chi connectivity index (χ2v) is 5.31. The van der Waals surface area contributed by atoms with Crippen LogP contribution in [0.2, 0.25) is 0 Å². The molecule has 3 heterocycles. The molecule has 1 saturated heterocycles. The van der Waals surface area contributed by atoms with Crippen molar-refractivity contribution >= 4 is 23.1 Å². The second-order valence-electron chi connectivity index (χ2n) is 4.19. The SMILES string of the molecule is O=C(Nc1ccon1)c1ccc([C@@H]2CCCN2)s1. The van der Waals surface area contributed by atoms with E-state index < -0.39 is 0 Å². The number of thiophene rings is 1. The maximum Gasteiger partial charge on any atom is 0.266 e. The Balaban J connectivity index is 1.70. The summed E-state index contributed by atoms with van der Waals surface area (Å²) >= 11 is 1.53. The smallest absolute Gasteiger partial charge is 0.266 e. The van der Waals surface area contributed by atoms with Crippen LogP contribution in [-0.2, 0) is 0 Å². The predicted octanol–water partition coefficient (Wildman–Crippen LogP) is 2.41. The van der Waals surface area contributed by atoms with Crippen LogP contribution in [-0.4, -0.2) is 17.6 Å². The lowest BCUT2D eigenvalue weighted by Crippen LogP contribution is -2.11. The number of hydrogen-bond donors (Lipinski definition) is 2. The van der Waals surface area contributed by atoms with Gasteiger partial charge in [-0.05, 0) is 31.5 Å². The predicted molar refractivity (Wildman–Crippen MR) is 68.8 cm³/mol. The van der Waals surface area contributed by atoms with Crippen molar-refractivity contribution in [2.45, 2.75) is 18.9 Å². The van der Waals surface area contributed by atoms with E-state index in [2.05, 4.69) is 20.3 Å². The van der Waals surface area contributed by atoms with Gasteiger partial charge in [0.1, 0.15) is 6.26 Å². The van der Waals surface area contributed by atoms with Crippen LogP contribution in [0.25, 0.3) is 0 Å². The molecule has 3 rings (SSSR count). The Hall–Kier alpha value is -1.66. The number of nitrogens with zero attached hydrogens (tertiary/aromatic N) is 1. The topological polar surface area (TPSA) is 67.2 Å². The Morgan fingerprint density at radius 3 is 3.17 bits per heavy atom. The number of amides is 1. The van der Waals surface area contributed by atoms with Gasteiger partial charge in [-0.3, -0.25) is 4.79 Å². The third kappa shape index (κ3) is 2.30. The first-order chi connectivity index (χ1) is 8.83. The van der Waals surface area contributed by atoms with E-state index in [1.165, 1.54) is 28.9 Å². The maximum atomic E-state index is 11.9. The Morgan fingerprint density at radius 2 is 2.44 bits per heavy atom. The van der Waals surface area contributed by atoms with E-state index >= 15 is 0 Å². The van der Waals surface area contributed by atoms with E-state index in [0.717, 1.165) is 13.0 Å². The summed E-state index contributed by atoms with van der Waals surface area (Å²) in [6.45, 7) is 1.06. The van der Waals surface area contributed by atoms with E-state index in [9.17, 15) is 4.79 Å². The Labute approximate surface area is 108 Å². The van der Waals surface area contributed by atoms with Gasteiger partial charge >= 0.3 is 0 Å². The zero-order chi connectivity index (χ0) is 12.4. The average molecular weight is 263 g/mol. The van der Waals surface area contributed by atoms with Gasteiger partial charge in [0.05, 0.1) is 4.88 Å². The van der Waals surface area contributed by atoms with E-state index in [1.807, 2.05) is 12.1 Å². The monoisotopic (exact) mass is 263 g/mol. The molecule has 6 heteroatoms. The van der Waals surface area contributed by atoms with Crippen LogP contribution in [0.1, 0.15) is 33.4 Å². The molecule has 0 aromatic carbocycles. The zero-order valence-electron chi connectivity index (χ0n) is 9.68. The summed E-state index contributed by atoms with van der Waals surface area (Å²) in [6.07, 6.45) is 3.77. The molecule has 94 valence electrons. The van der Waals surface area contributed by atoms with Crippen LogP contribution in [0.15, 0.2) is 29.0 Å². The first kappa shape index (κ1) is 11.4. The lowest BCUT2D eigenvalue weighted by atomic mass is 10.2. The van der Waals surface area contributed by atoms with Crippen molar-refractivity contribution in [1.29, 1.82) is 0 Å². The fourth-order valence-electron chi connectivity index (χ4n) is 2.04. The highest BCUT2D eigenvalue weighted by Crippen LogP contribution is 2.29. The number of carbonyl (C=O) groups excluding carboxylic acids is 1. The van der Waals surface area contributed by atoms with Gasteiger partial charge in [-0.15, -0.1) is 11.3 Å². The Bertz CT molecular complexity index is 529. The molecule has 1 atom stereocenters. The quantitative estimate of drug-likeness (QED) is 0.892. The van der Waals surface area contributed by atoms with Crippen molar-refractivity contribution in [2.75, 3.05) is 11.9 Å². The van der Waals surface area contributed by atoms with Crippen molar-refractivity contribution in [3.8, 4) is 0 Å². The molecule has 0 spiro atoms. The minimum Gasteiger partial charge on any atom is -0.363 e. The molecule has 0 radical (unpaired) electrons. The number of carbonyl (C=O) groups is 1. The van der Waals surface area contributed by atoms with Crippen LogP contribution in [0.5, 0.6) is 0 Å². The molecule has 1 aliphatic heterocycles. The van der Waals surface area contributed by atoms with E-state index in [0.29, 0.717) is 16.7 Å². The van der Waals surface area contributed by atoms with Crippen molar-refractivity contribution in [3.05, 3.63) is 34.2 Å². The van der Waals surface area contributed by atoms with Crippen LogP contribution >= 0.6 is 11.3 Å². The van der Waals surface area contributed by atoms with Crippen LogP contribution in [0.4, 0.5) is 5.82 Å². The Morgan fingerprint density at radius 1 is 1.50 bits per heavy atom.